The van der Waals surface area contributed by atoms with E-state index in [2.05, 4.69) is 0 Å². The Labute approximate surface area is 129 Å². The fraction of sp³-hybridized carbons (Fsp3) is 0.500. The topological polar surface area (TPSA) is 66.8 Å². The molecule has 1 aromatic rings. The molecule has 5 nitrogen and oxygen atoms in total. The molecule has 0 aliphatic heterocycles. The smallest absolute Gasteiger partial charge is 0.321 e. The van der Waals surface area contributed by atoms with Crippen molar-refractivity contribution in [1.29, 1.82) is 0 Å². The summed E-state index contributed by atoms with van der Waals surface area (Å²) in [6.45, 7) is 0. The van der Waals surface area contributed by atoms with E-state index in [4.69, 9.17) is 21.4 Å². The number of carboxylic acids is 1. The molecule has 1 saturated carbocycles. The van der Waals surface area contributed by atoms with Crippen LogP contribution < -0.4 is 4.52 Å². The van der Waals surface area contributed by atoms with Gasteiger partial charge in [0.25, 0.3) is 0 Å². The van der Waals surface area contributed by atoms with Gasteiger partial charge in [-0.05, 0) is 42.7 Å². The Morgan fingerprint density at radius 3 is 2.57 bits per heavy atom. The van der Waals surface area contributed by atoms with Gasteiger partial charge < -0.3 is 9.63 Å². The maximum absolute atomic E-state index is 12.3. The maximum Gasteiger partial charge on any atom is 0.321 e. The first kappa shape index (κ1) is 16.3. The fourth-order valence-electron chi connectivity index (χ4n) is 2.72. The van der Waals surface area contributed by atoms with Crippen LogP contribution >= 0.6 is 20.0 Å². The van der Waals surface area contributed by atoms with Gasteiger partial charge in [0.2, 0.25) is 0 Å². The molecule has 1 fully saturated rings. The van der Waals surface area contributed by atoms with E-state index in [0.29, 0.717) is 5.75 Å². The molecule has 1 aromatic carbocycles. The van der Waals surface area contributed by atoms with E-state index in [-0.39, 0.29) is 12.3 Å². The zero-order valence-corrected chi connectivity index (χ0v) is 13.3. The molecule has 2 atom stereocenters. The van der Waals surface area contributed by atoms with E-state index in [1.54, 1.807) is 24.3 Å². The van der Waals surface area contributed by atoms with Crippen LogP contribution in [0.5, 0.6) is 5.75 Å². The van der Waals surface area contributed by atoms with Crippen molar-refractivity contribution >= 4 is 25.9 Å². The number of nitrogens with zero attached hydrogens (tertiary/aromatic N) is 1. The predicted molar refractivity (Wildman–Crippen MR) is 81.8 cm³/mol. The first-order valence-electron chi connectivity index (χ1n) is 7.01. The van der Waals surface area contributed by atoms with E-state index in [1.807, 2.05) is 6.07 Å². The zero-order chi connectivity index (χ0) is 15.2. The second-order valence-electron chi connectivity index (χ2n) is 5.20. The van der Waals surface area contributed by atoms with Crippen molar-refractivity contribution in [2.75, 3.05) is 0 Å². The van der Waals surface area contributed by atoms with Crippen LogP contribution in [0, 0.1) is 5.92 Å². The van der Waals surface area contributed by atoms with Crippen LogP contribution in [0.4, 0.5) is 0 Å². The van der Waals surface area contributed by atoms with Gasteiger partial charge in [-0.3, -0.25) is 9.36 Å². The molecule has 1 N–H and O–H groups in total. The Bertz CT molecular complexity index is 493. The van der Waals surface area contributed by atoms with Gasteiger partial charge in [0.1, 0.15) is 5.75 Å². The van der Waals surface area contributed by atoms with Gasteiger partial charge in [0.15, 0.2) is 0 Å². The first-order valence-corrected chi connectivity index (χ1v) is 8.62. The van der Waals surface area contributed by atoms with Gasteiger partial charge in [-0.15, -0.1) is 4.19 Å². The van der Waals surface area contributed by atoms with Crippen molar-refractivity contribution in [1.82, 2.24) is 4.19 Å². The van der Waals surface area contributed by atoms with Crippen molar-refractivity contribution in [3.63, 3.8) is 0 Å². The standard InChI is InChI=1S/C14H19ClNO4P/c15-16(21(19)20-12-8-2-1-3-9-12)13(10-14(17)18)11-6-4-5-7-11/h1-3,8-9,11,13,21H,4-7,10H2,(H,17,18). The summed E-state index contributed by atoms with van der Waals surface area (Å²) in [4.78, 5) is 11.0. The lowest BCUT2D eigenvalue weighted by Gasteiger charge is -2.28. The van der Waals surface area contributed by atoms with Crippen LogP contribution in [0.3, 0.4) is 0 Å². The van der Waals surface area contributed by atoms with Gasteiger partial charge in [0, 0.05) is 6.04 Å². The molecule has 1 aliphatic rings. The van der Waals surface area contributed by atoms with Crippen molar-refractivity contribution in [3.05, 3.63) is 30.3 Å². The van der Waals surface area contributed by atoms with Gasteiger partial charge in [-0.1, -0.05) is 31.0 Å². The van der Waals surface area contributed by atoms with Crippen molar-refractivity contribution < 1.29 is 19.0 Å². The third-order valence-electron chi connectivity index (χ3n) is 3.74. The minimum atomic E-state index is -2.71. The number of rotatable bonds is 7. The van der Waals surface area contributed by atoms with Crippen LogP contribution in [0.2, 0.25) is 0 Å². The van der Waals surface area contributed by atoms with Gasteiger partial charge in [0.05, 0.1) is 6.42 Å². The van der Waals surface area contributed by atoms with E-state index in [0.717, 1.165) is 29.9 Å². The molecule has 0 radical (unpaired) electrons. The third-order valence-corrected chi connectivity index (χ3v) is 5.50. The monoisotopic (exact) mass is 331 g/mol. The van der Waals surface area contributed by atoms with Gasteiger partial charge >= 0.3 is 14.1 Å². The second-order valence-corrected chi connectivity index (χ2v) is 7.07. The average molecular weight is 332 g/mol. The molecule has 0 spiro atoms. The lowest BCUT2D eigenvalue weighted by atomic mass is 9.96. The van der Waals surface area contributed by atoms with Crippen molar-refractivity contribution in [2.24, 2.45) is 5.92 Å². The Balaban J connectivity index is 2.03. The highest BCUT2D eigenvalue weighted by Gasteiger charge is 2.34. The maximum atomic E-state index is 12.3. The van der Waals surface area contributed by atoms with Crippen LogP contribution in [0.1, 0.15) is 32.1 Å². The second kappa shape index (κ2) is 7.83. The molecule has 0 amide bonds. The highest BCUT2D eigenvalue weighted by Crippen LogP contribution is 2.41. The number of carbonyl (C=O) groups is 1. The van der Waals surface area contributed by atoms with Crippen LogP contribution in [0.15, 0.2) is 30.3 Å². The molecule has 1 aliphatic carbocycles. The SMILES string of the molecule is O=C(O)CC(C1CCCC1)N(Cl)[PH](=O)Oc1ccccc1. The number of aliphatic carboxylic acids is 1. The molecule has 116 valence electrons. The molecule has 2 unspecified atom stereocenters. The summed E-state index contributed by atoms with van der Waals surface area (Å²) >= 11 is 6.15. The minimum Gasteiger partial charge on any atom is -0.481 e. The number of halogens is 1. The average Bonchev–Trinajstić information content (AvgIpc) is 2.99. The molecule has 7 heteroatoms. The summed E-state index contributed by atoms with van der Waals surface area (Å²) in [5.74, 6) is -0.313. The number of hydrogen-bond donors (Lipinski definition) is 1. The molecule has 0 aromatic heterocycles. The number of hydrogen-bond acceptors (Lipinski definition) is 3. The molecular formula is C14H19ClNO4P. The molecule has 21 heavy (non-hydrogen) atoms. The van der Waals surface area contributed by atoms with E-state index < -0.39 is 20.2 Å². The summed E-state index contributed by atoms with van der Waals surface area (Å²) in [6.07, 6.45) is 3.84. The Kier molecular flexibility index (Phi) is 6.09. The highest BCUT2D eigenvalue weighted by atomic mass is 35.5. The predicted octanol–water partition coefficient (Wildman–Crippen LogP) is 3.94. The molecule has 0 saturated heterocycles. The number of para-hydroxylation sites is 1. The summed E-state index contributed by atoms with van der Waals surface area (Å²) in [5.41, 5.74) is 0. The summed E-state index contributed by atoms with van der Waals surface area (Å²) in [5, 5.41) is 9.05. The summed E-state index contributed by atoms with van der Waals surface area (Å²) in [6, 6.07) is 8.30. The highest BCUT2D eigenvalue weighted by molar-refractivity contribution is 7.38. The van der Waals surface area contributed by atoms with Crippen LogP contribution in [-0.4, -0.2) is 21.3 Å². The van der Waals surface area contributed by atoms with Crippen molar-refractivity contribution in [2.45, 2.75) is 38.1 Å². The molecule has 2 rings (SSSR count). The lowest BCUT2D eigenvalue weighted by molar-refractivity contribution is -0.138. The van der Waals surface area contributed by atoms with Gasteiger partial charge in [-0.2, -0.15) is 0 Å². The fourth-order valence-corrected chi connectivity index (χ4v) is 4.05. The molecule has 0 heterocycles. The van der Waals surface area contributed by atoms with Crippen LogP contribution in [-0.2, 0) is 9.36 Å². The Morgan fingerprint density at radius 2 is 2.00 bits per heavy atom. The van der Waals surface area contributed by atoms with Gasteiger partial charge in [-0.25, -0.2) is 0 Å². The third kappa shape index (κ3) is 4.73. The first-order chi connectivity index (χ1) is 10.1. The Morgan fingerprint density at radius 1 is 1.38 bits per heavy atom. The quantitative estimate of drug-likeness (QED) is 0.605. The van der Waals surface area contributed by atoms with Crippen LogP contribution in [0.25, 0.3) is 0 Å². The zero-order valence-electron chi connectivity index (χ0n) is 11.6. The largest absolute Gasteiger partial charge is 0.481 e. The van der Waals surface area contributed by atoms with E-state index in [9.17, 15) is 9.36 Å². The normalized spacial score (nSPS) is 18.6. The molecular weight excluding hydrogens is 313 g/mol. The van der Waals surface area contributed by atoms with E-state index >= 15 is 0 Å². The lowest BCUT2D eigenvalue weighted by Crippen LogP contribution is -2.32. The number of benzene rings is 1. The number of carboxylic acid groups (broad SMARTS) is 1. The molecule has 0 bridgehead atoms. The summed E-state index contributed by atoms with van der Waals surface area (Å²) < 4.78 is 18.7. The minimum absolute atomic E-state index is 0.122. The summed E-state index contributed by atoms with van der Waals surface area (Å²) in [7, 11) is -2.71. The van der Waals surface area contributed by atoms with Crippen molar-refractivity contribution in [3.8, 4) is 5.75 Å². The van der Waals surface area contributed by atoms with E-state index in [1.165, 1.54) is 0 Å². The Hall–Kier alpha value is -1.03.